The molecule has 1 N–H and O–H groups in total. The van der Waals surface area contributed by atoms with Crippen LogP contribution in [0, 0.1) is 6.92 Å². The Morgan fingerprint density at radius 1 is 1.35 bits per heavy atom. The third kappa shape index (κ3) is 2.83. The first-order chi connectivity index (χ1) is 9.54. The Morgan fingerprint density at radius 2 is 2.05 bits per heavy atom. The molecule has 0 fully saturated rings. The van der Waals surface area contributed by atoms with Crippen molar-refractivity contribution in [3.05, 3.63) is 52.6 Å². The molecule has 0 bridgehead atoms. The Kier molecular flexibility index (Phi) is 4.40. The van der Waals surface area contributed by atoms with Gasteiger partial charge in [-0.2, -0.15) is 0 Å². The Bertz CT molecular complexity index is 585. The first-order valence-electron chi connectivity index (χ1n) is 6.92. The lowest BCUT2D eigenvalue weighted by Crippen LogP contribution is -2.26. The summed E-state index contributed by atoms with van der Waals surface area (Å²) in [6.07, 6.45) is 5.39. The summed E-state index contributed by atoms with van der Waals surface area (Å²) in [5, 5.41) is 9.25. The van der Waals surface area contributed by atoms with Crippen LogP contribution in [0.2, 0.25) is 0 Å². The molecular formula is C17H21NO2. The van der Waals surface area contributed by atoms with Gasteiger partial charge in [-0.3, -0.25) is 0 Å². The lowest BCUT2D eigenvalue weighted by atomic mass is 9.90. The van der Waals surface area contributed by atoms with Gasteiger partial charge in [-0.1, -0.05) is 24.3 Å². The van der Waals surface area contributed by atoms with E-state index in [2.05, 4.69) is 24.1 Å². The van der Waals surface area contributed by atoms with Crippen molar-refractivity contribution < 1.29 is 9.90 Å². The molecule has 1 aromatic rings. The van der Waals surface area contributed by atoms with Crippen LogP contribution >= 0.6 is 0 Å². The van der Waals surface area contributed by atoms with Crippen molar-refractivity contribution in [3.8, 4) is 0 Å². The molecule has 0 atom stereocenters. The number of allylic oxidation sites excluding steroid dienone is 1. The van der Waals surface area contributed by atoms with Crippen molar-refractivity contribution in [2.75, 3.05) is 20.1 Å². The van der Waals surface area contributed by atoms with E-state index in [0.717, 1.165) is 36.2 Å². The van der Waals surface area contributed by atoms with Crippen molar-refractivity contribution in [1.29, 1.82) is 0 Å². The quantitative estimate of drug-likeness (QED) is 0.916. The van der Waals surface area contributed by atoms with Gasteiger partial charge in [-0.25, -0.2) is 4.79 Å². The molecule has 0 aromatic heterocycles. The molecule has 0 aliphatic carbocycles. The second kappa shape index (κ2) is 6.06. The number of hydrogen-bond donors (Lipinski definition) is 1. The highest BCUT2D eigenvalue weighted by atomic mass is 16.4. The highest BCUT2D eigenvalue weighted by molar-refractivity contribution is 5.92. The minimum absolute atomic E-state index is 0.381. The van der Waals surface area contributed by atoms with E-state index in [1.165, 1.54) is 5.57 Å². The molecule has 1 aromatic carbocycles. The second-order valence-electron chi connectivity index (χ2n) is 5.24. The van der Waals surface area contributed by atoms with Gasteiger partial charge in [0.1, 0.15) is 0 Å². The van der Waals surface area contributed by atoms with Gasteiger partial charge < -0.3 is 10.0 Å². The average molecular weight is 271 g/mol. The number of benzene rings is 1. The maximum absolute atomic E-state index is 11.3. The van der Waals surface area contributed by atoms with Crippen molar-refractivity contribution in [3.63, 3.8) is 0 Å². The lowest BCUT2D eigenvalue weighted by Gasteiger charge is -2.25. The summed E-state index contributed by atoms with van der Waals surface area (Å²) in [5.74, 6) is -0.866. The summed E-state index contributed by atoms with van der Waals surface area (Å²) < 4.78 is 0. The van der Waals surface area contributed by atoms with Crippen LogP contribution in [0.5, 0.6) is 0 Å². The van der Waals surface area contributed by atoms with Gasteiger partial charge >= 0.3 is 5.97 Å². The van der Waals surface area contributed by atoms with Crippen LogP contribution in [0.25, 0.3) is 5.57 Å². The molecule has 20 heavy (non-hydrogen) atoms. The van der Waals surface area contributed by atoms with Gasteiger partial charge in [0.15, 0.2) is 0 Å². The van der Waals surface area contributed by atoms with Gasteiger partial charge in [0, 0.05) is 13.1 Å². The van der Waals surface area contributed by atoms with E-state index in [1.54, 1.807) is 6.07 Å². The summed E-state index contributed by atoms with van der Waals surface area (Å²) in [4.78, 5) is 13.6. The third-order valence-corrected chi connectivity index (χ3v) is 3.83. The van der Waals surface area contributed by atoms with E-state index in [-0.39, 0.29) is 0 Å². The number of carboxylic acids is 1. The largest absolute Gasteiger partial charge is 0.478 e. The summed E-state index contributed by atoms with van der Waals surface area (Å²) in [6.45, 7) is 5.89. The summed E-state index contributed by atoms with van der Waals surface area (Å²) in [5.41, 5.74) is 4.67. The molecule has 0 radical (unpaired) electrons. The number of nitrogens with zero attached hydrogens (tertiary/aromatic N) is 1. The standard InChI is InChI=1S/C17H21NO2/c1-4-14(13-7-6-10-18(3)11-13)15-8-5-9-16(12(15)2)17(19)20/h4-5,7-9H,6,10-11H2,1-3H3,(H,19,20)/b14-4-. The van der Waals surface area contributed by atoms with E-state index in [4.69, 9.17) is 0 Å². The normalized spacial score (nSPS) is 16.9. The SMILES string of the molecule is C/C=C(/C1=CCCN(C)C1)c1cccc(C(=O)O)c1C. The number of aromatic carboxylic acids is 1. The van der Waals surface area contributed by atoms with Crippen LogP contribution in [0.1, 0.15) is 34.8 Å². The fourth-order valence-electron chi connectivity index (χ4n) is 2.76. The number of rotatable bonds is 3. The highest BCUT2D eigenvalue weighted by Gasteiger charge is 2.17. The molecule has 0 amide bonds. The zero-order valence-corrected chi connectivity index (χ0v) is 12.3. The highest BCUT2D eigenvalue weighted by Crippen LogP contribution is 2.29. The van der Waals surface area contributed by atoms with E-state index < -0.39 is 5.97 Å². The van der Waals surface area contributed by atoms with Crippen LogP contribution < -0.4 is 0 Å². The zero-order valence-electron chi connectivity index (χ0n) is 12.3. The molecule has 0 saturated carbocycles. The number of hydrogen-bond acceptors (Lipinski definition) is 2. The van der Waals surface area contributed by atoms with Crippen molar-refractivity contribution in [2.24, 2.45) is 0 Å². The fraction of sp³-hybridized carbons (Fsp3) is 0.353. The Labute approximate surface area is 120 Å². The van der Waals surface area contributed by atoms with Crippen molar-refractivity contribution in [1.82, 2.24) is 4.90 Å². The molecule has 0 unspecified atom stereocenters. The molecule has 3 heteroatoms. The monoisotopic (exact) mass is 271 g/mol. The molecule has 2 rings (SSSR count). The van der Waals surface area contributed by atoms with E-state index in [9.17, 15) is 9.90 Å². The van der Waals surface area contributed by atoms with Crippen LogP contribution in [-0.4, -0.2) is 36.1 Å². The smallest absolute Gasteiger partial charge is 0.335 e. The summed E-state index contributed by atoms with van der Waals surface area (Å²) in [6, 6.07) is 5.49. The number of carbonyl (C=O) groups is 1. The predicted octanol–water partition coefficient (Wildman–Crippen LogP) is 3.36. The van der Waals surface area contributed by atoms with Crippen molar-refractivity contribution in [2.45, 2.75) is 20.3 Å². The van der Waals surface area contributed by atoms with Crippen LogP contribution in [0.15, 0.2) is 35.9 Å². The minimum Gasteiger partial charge on any atom is -0.478 e. The first kappa shape index (κ1) is 14.5. The molecule has 106 valence electrons. The summed E-state index contributed by atoms with van der Waals surface area (Å²) in [7, 11) is 2.11. The Hall–Kier alpha value is -1.87. The molecule has 0 saturated heterocycles. The number of likely N-dealkylation sites (N-methyl/N-ethyl adjacent to an activating group) is 1. The fourth-order valence-corrected chi connectivity index (χ4v) is 2.76. The Morgan fingerprint density at radius 3 is 2.65 bits per heavy atom. The minimum atomic E-state index is -0.866. The summed E-state index contributed by atoms with van der Waals surface area (Å²) >= 11 is 0. The van der Waals surface area contributed by atoms with Crippen LogP contribution in [0.3, 0.4) is 0 Å². The van der Waals surface area contributed by atoms with Crippen LogP contribution in [-0.2, 0) is 0 Å². The topological polar surface area (TPSA) is 40.5 Å². The van der Waals surface area contributed by atoms with E-state index >= 15 is 0 Å². The lowest BCUT2D eigenvalue weighted by molar-refractivity contribution is 0.0696. The Balaban J connectivity index is 2.46. The molecular weight excluding hydrogens is 250 g/mol. The van der Waals surface area contributed by atoms with Crippen molar-refractivity contribution >= 4 is 11.5 Å². The van der Waals surface area contributed by atoms with Gasteiger partial charge in [0.25, 0.3) is 0 Å². The van der Waals surface area contributed by atoms with Gasteiger partial charge in [-0.15, -0.1) is 0 Å². The molecule has 1 aliphatic rings. The molecule has 3 nitrogen and oxygen atoms in total. The molecule has 0 spiro atoms. The zero-order chi connectivity index (χ0) is 14.7. The van der Waals surface area contributed by atoms with Crippen LogP contribution in [0.4, 0.5) is 0 Å². The predicted molar refractivity (Wildman–Crippen MR) is 82.0 cm³/mol. The average Bonchev–Trinajstić information content (AvgIpc) is 2.41. The molecule has 1 aliphatic heterocycles. The number of carboxylic acid groups (broad SMARTS) is 1. The molecule has 1 heterocycles. The van der Waals surface area contributed by atoms with Gasteiger partial charge in [-0.05, 0) is 55.7 Å². The van der Waals surface area contributed by atoms with Gasteiger partial charge in [0.2, 0.25) is 0 Å². The second-order valence-corrected chi connectivity index (χ2v) is 5.24. The van der Waals surface area contributed by atoms with E-state index in [0.29, 0.717) is 5.56 Å². The van der Waals surface area contributed by atoms with Gasteiger partial charge in [0.05, 0.1) is 5.56 Å². The maximum Gasteiger partial charge on any atom is 0.335 e. The third-order valence-electron chi connectivity index (χ3n) is 3.83. The maximum atomic E-state index is 11.3. The van der Waals surface area contributed by atoms with E-state index in [1.807, 2.05) is 26.0 Å². The first-order valence-corrected chi connectivity index (χ1v) is 6.92.